The molecule has 0 aromatic carbocycles. The Labute approximate surface area is 134 Å². The number of aromatic nitrogens is 4. The van der Waals surface area contributed by atoms with Crippen LogP contribution in [0, 0.1) is 11.3 Å². The molecule has 7 heteroatoms. The van der Waals surface area contributed by atoms with Gasteiger partial charge >= 0.3 is 5.97 Å². The molecule has 2 aliphatic carbocycles. The summed E-state index contributed by atoms with van der Waals surface area (Å²) in [7, 11) is 0. The number of hydrogen-bond acceptors (Lipinski definition) is 6. The lowest BCUT2D eigenvalue weighted by Gasteiger charge is -2.26. The predicted octanol–water partition coefficient (Wildman–Crippen LogP) is 2.09. The van der Waals surface area contributed by atoms with E-state index in [1.54, 1.807) is 6.33 Å². The zero-order valence-corrected chi connectivity index (χ0v) is 13.2. The lowest BCUT2D eigenvalue weighted by Crippen LogP contribution is -2.33. The standard InChI is InChI=1S/C16H21N5O2/c1-2-23-15(22)16-5-3-4-10(16)6-11(7-16)21-9-20-12-13(17)18-8-19-14(12)21/h8-11H,2-7H2,1H3,(H2,17,18,19)/t10-,11-,16-/m0/s1. The van der Waals surface area contributed by atoms with Gasteiger partial charge in [-0.1, -0.05) is 6.42 Å². The first-order valence-electron chi connectivity index (χ1n) is 8.26. The minimum absolute atomic E-state index is 0.0245. The van der Waals surface area contributed by atoms with Crippen molar-refractivity contribution >= 4 is 23.0 Å². The van der Waals surface area contributed by atoms with Crippen molar-refractivity contribution in [2.75, 3.05) is 12.3 Å². The highest BCUT2D eigenvalue weighted by Gasteiger charge is 2.56. The fraction of sp³-hybridized carbons (Fsp3) is 0.625. The normalized spacial score (nSPS) is 29.8. The van der Waals surface area contributed by atoms with Crippen molar-refractivity contribution in [3.05, 3.63) is 12.7 Å². The summed E-state index contributed by atoms with van der Waals surface area (Å²) < 4.78 is 7.46. The molecule has 4 rings (SSSR count). The number of esters is 1. The van der Waals surface area contributed by atoms with Gasteiger partial charge in [0, 0.05) is 6.04 Å². The molecule has 0 radical (unpaired) electrons. The van der Waals surface area contributed by atoms with Gasteiger partial charge in [0.15, 0.2) is 11.5 Å². The molecule has 0 bridgehead atoms. The summed E-state index contributed by atoms with van der Waals surface area (Å²) in [4.78, 5) is 25.3. The van der Waals surface area contributed by atoms with E-state index in [1.807, 2.05) is 6.92 Å². The van der Waals surface area contributed by atoms with Gasteiger partial charge in [0.25, 0.3) is 0 Å². The van der Waals surface area contributed by atoms with Crippen LogP contribution in [-0.4, -0.2) is 32.1 Å². The van der Waals surface area contributed by atoms with Crippen LogP contribution in [0.3, 0.4) is 0 Å². The molecule has 2 fully saturated rings. The Morgan fingerprint density at radius 3 is 3.17 bits per heavy atom. The molecule has 2 aliphatic rings. The Hall–Kier alpha value is -2.18. The van der Waals surface area contributed by atoms with E-state index in [-0.39, 0.29) is 17.4 Å². The zero-order valence-electron chi connectivity index (χ0n) is 13.2. The SMILES string of the molecule is CCOC(=O)[C@]12CCC[C@H]1C[C@H](n1cnc3c(N)ncnc31)C2. The van der Waals surface area contributed by atoms with Crippen LogP contribution >= 0.6 is 0 Å². The van der Waals surface area contributed by atoms with Crippen LogP contribution in [0.4, 0.5) is 5.82 Å². The summed E-state index contributed by atoms with van der Waals surface area (Å²) in [5, 5.41) is 0. The lowest BCUT2D eigenvalue weighted by atomic mass is 9.80. The van der Waals surface area contributed by atoms with Crippen LogP contribution in [0.15, 0.2) is 12.7 Å². The Morgan fingerprint density at radius 1 is 1.48 bits per heavy atom. The maximum absolute atomic E-state index is 12.6. The van der Waals surface area contributed by atoms with Crippen LogP contribution in [0.5, 0.6) is 0 Å². The maximum atomic E-state index is 12.6. The van der Waals surface area contributed by atoms with E-state index in [9.17, 15) is 4.79 Å². The van der Waals surface area contributed by atoms with E-state index >= 15 is 0 Å². The molecule has 2 aromatic heterocycles. The Kier molecular flexibility index (Phi) is 3.25. The van der Waals surface area contributed by atoms with E-state index in [2.05, 4.69) is 19.5 Å². The van der Waals surface area contributed by atoms with Gasteiger partial charge in [-0.3, -0.25) is 4.79 Å². The van der Waals surface area contributed by atoms with E-state index < -0.39 is 0 Å². The van der Waals surface area contributed by atoms with Gasteiger partial charge in [-0.05, 0) is 38.5 Å². The van der Waals surface area contributed by atoms with Crippen LogP contribution in [0.1, 0.15) is 45.1 Å². The number of nitrogens with zero attached hydrogens (tertiary/aromatic N) is 4. The zero-order chi connectivity index (χ0) is 16.0. The maximum Gasteiger partial charge on any atom is 0.312 e. The third-order valence-electron chi connectivity index (χ3n) is 5.58. The number of ether oxygens (including phenoxy) is 1. The lowest BCUT2D eigenvalue weighted by molar-refractivity contribution is -0.156. The molecule has 0 aliphatic heterocycles. The largest absolute Gasteiger partial charge is 0.466 e. The topological polar surface area (TPSA) is 95.9 Å². The van der Waals surface area contributed by atoms with Crippen molar-refractivity contribution in [2.24, 2.45) is 11.3 Å². The van der Waals surface area contributed by atoms with Crippen molar-refractivity contribution in [2.45, 2.75) is 45.1 Å². The van der Waals surface area contributed by atoms with Crippen LogP contribution in [0.25, 0.3) is 11.2 Å². The Balaban J connectivity index is 1.69. The van der Waals surface area contributed by atoms with Gasteiger partial charge in [0.05, 0.1) is 18.3 Å². The van der Waals surface area contributed by atoms with E-state index in [0.29, 0.717) is 23.9 Å². The van der Waals surface area contributed by atoms with Crippen LogP contribution < -0.4 is 5.73 Å². The van der Waals surface area contributed by atoms with E-state index in [1.165, 1.54) is 6.33 Å². The number of nitrogens with two attached hydrogens (primary N) is 1. The second kappa shape index (κ2) is 5.18. The summed E-state index contributed by atoms with van der Waals surface area (Å²) in [6, 6.07) is 0.212. The fourth-order valence-electron chi connectivity index (χ4n) is 4.56. The van der Waals surface area contributed by atoms with Gasteiger partial charge in [0.2, 0.25) is 0 Å². The van der Waals surface area contributed by atoms with Gasteiger partial charge in [-0.2, -0.15) is 0 Å². The van der Waals surface area contributed by atoms with Crippen molar-refractivity contribution < 1.29 is 9.53 Å². The monoisotopic (exact) mass is 315 g/mol. The molecule has 2 saturated carbocycles. The highest BCUT2D eigenvalue weighted by atomic mass is 16.5. The number of anilines is 1. The predicted molar refractivity (Wildman–Crippen MR) is 84.4 cm³/mol. The summed E-state index contributed by atoms with van der Waals surface area (Å²) >= 11 is 0. The number of carbonyl (C=O) groups is 1. The molecule has 0 saturated heterocycles. The molecule has 7 nitrogen and oxygen atoms in total. The third kappa shape index (κ3) is 2.02. The summed E-state index contributed by atoms with van der Waals surface area (Å²) in [6.45, 7) is 2.31. The van der Waals surface area contributed by atoms with Crippen LogP contribution in [0.2, 0.25) is 0 Å². The number of fused-ring (bicyclic) bond motifs is 2. The number of rotatable bonds is 3. The summed E-state index contributed by atoms with van der Waals surface area (Å²) in [5.41, 5.74) is 6.93. The fourth-order valence-corrected chi connectivity index (χ4v) is 4.56. The molecule has 122 valence electrons. The molecule has 2 aromatic rings. The highest BCUT2D eigenvalue weighted by molar-refractivity contribution is 5.81. The average molecular weight is 315 g/mol. The van der Waals surface area contributed by atoms with Crippen molar-refractivity contribution in [3.63, 3.8) is 0 Å². The van der Waals surface area contributed by atoms with Gasteiger partial charge < -0.3 is 15.0 Å². The molecular weight excluding hydrogens is 294 g/mol. The molecule has 3 atom stereocenters. The first-order chi connectivity index (χ1) is 11.2. The van der Waals surface area contributed by atoms with Gasteiger partial charge in [-0.25, -0.2) is 15.0 Å². The quantitative estimate of drug-likeness (QED) is 0.871. The Bertz CT molecular complexity index is 758. The molecule has 0 spiro atoms. The molecule has 2 heterocycles. The van der Waals surface area contributed by atoms with Gasteiger partial charge in [-0.15, -0.1) is 0 Å². The second-order valence-electron chi connectivity index (χ2n) is 6.64. The minimum atomic E-state index is -0.324. The summed E-state index contributed by atoms with van der Waals surface area (Å²) in [5.74, 6) is 0.763. The minimum Gasteiger partial charge on any atom is -0.466 e. The third-order valence-corrected chi connectivity index (χ3v) is 5.58. The Morgan fingerprint density at radius 2 is 2.35 bits per heavy atom. The number of imidazole rings is 1. The van der Waals surface area contributed by atoms with Crippen molar-refractivity contribution in [1.82, 2.24) is 19.5 Å². The van der Waals surface area contributed by atoms with Gasteiger partial charge in [0.1, 0.15) is 11.8 Å². The first kappa shape index (κ1) is 14.4. The second-order valence-corrected chi connectivity index (χ2v) is 6.64. The summed E-state index contributed by atoms with van der Waals surface area (Å²) in [6.07, 6.45) is 8.14. The molecule has 0 amide bonds. The van der Waals surface area contributed by atoms with Crippen molar-refractivity contribution in [3.8, 4) is 0 Å². The molecular formula is C16H21N5O2. The van der Waals surface area contributed by atoms with E-state index in [4.69, 9.17) is 10.5 Å². The number of carbonyl (C=O) groups excluding carboxylic acids is 1. The number of nitrogen functional groups attached to an aromatic ring is 1. The highest BCUT2D eigenvalue weighted by Crippen LogP contribution is 2.58. The molecule has 23 heavy (non-hydrogen) atoms. The number of hydrogen-bond donors (Lipinski definition) is 1. The van der Waals surface area contributed by atoms with Crippen molar-refractivity contribution in [1.29, 1.82) is 0 Å². The molecule has 0 unspecified atom stereocenters. The van der Waals surface area contributed by atoms with E-state index in [0.717, 1.165) is 37.8 Å². The smallest absolute Gasteiger partial charge is 0.312 e. The first-order valence-corrected chi connectivity index (χ1v) is 8.26. The molecule has 2 N–H and O–H groups in total. The average Bonchev–Trinajstić information content (AvgIpc) is 3.19. The van der Waals surface area contributed by atoms with Crippen LogP contribution in [-0.2, 0) is 9.53 Å².